The molecule has 0 bridgehead atoms. The van der Waals surface area contributed by atoms with Gasteiger partial charge in [0.1, 0.15) is 5.76 Å². The van der Waals surface area contributed by atoms with Crippen molar-refractivity contribution in [2.24, 2.45) is 0 Å². The Labute approximate surface area is 81.5 Å². The molecule has 0 fully saturated rings. The Kier molecular flexibility index (Phi) is 2.61. The lowest BCUT2D eigenvalue weighted by Crippen LogP contribution is -2.13. The van der Waals surface area contributed by atoms with Crippen LogP contribution in [0.5, 0.6) is 0 Å². The average Bonchev–Trinajstić information content (AvgIpc) is 2.29. The van der Waals surface area contributed by atoms with E-state index in [1.165, 1.54) is 0 Å². The van der Waals surface area contributed by atoms with Crippen LogP contribution in [-0.4, -0.2) is 4.98 Å². The third kappa shape index (κ3) is 1.89. The molecule has 0 aliphatic carbocycles. The molecule has 2 nitrogen and oxygen atoms in total. The lowest BCUT2D eigenvalue weighted by atomic mass is 9.90. The van der Waals surface area contributed by atoms with Crippen molar-refractivity contribution in [3.05, 3.63) is 16.3 Å². The van der Waals surface area contributed by atoms with Crippen molar-refractivity contribution < 1.29 is 4.42 Å². The van der Waals surface area contributed by atoms with E-state index in [1.54, 1.807) is 0 Å². The molecule has 1 aromatic heterocycles. The van der Waals surface area contributed by atoms with Crippen molar-refractivity contribution in [3.63, 3.8) is 0 Å². The van der Waals surface area contributed by atoms with Crippen molar-refractivity contribution in [1.82, 2.24) is 4.98 Å². The van der Waals surface area contributed by atoms with Crippen LogP contribution in [0.2, 0.25) is 0 Å². The van der Waals surface area contributed by atoms with Crippen LogP contribution in [0.4, 0.5) is 0 Å². The summed E-state index contributed by atoms with van der Waals surface area (Å²) in [7, 11) is 0. The van der Waals surface area contributed by atoms with Crippen LogP contribution in [0.25, 0.3) is 0 Å². The predicted octanol–water partition coefficient (Wildman–Crippen LogP) is 3.30. The molecule has 0 spiro atoms. The van der Waals surface area contributed by atoms with Crippen LogP contribution in [0.1, 0.15) is 39.1 Å². The van der Waals surface area contributed by atoms with Gasteiger partial charge >= 0.3 is 0 Å². The third-order valence-corrected chi connectivity index (χ3v) is 2.04. The Bertz CT molecular complexity index is 273. The first-order chi connectivity index (χ1) is 5.45. The molecule has 0 aliphatic heterocycles. The molecular formula is C9H14BrNO. The molecule has 0 saturated heterocycles. The minimum absolute atomic E-state index is 0.0703. The summed E-state index contributed by atoms with van der Waals surface area (Å²) in [5, 5.41) is 0. The fraction of sp³-hybridized carbons (Fsp3) is 0.667. The van der Waals surface area contributed by atoms with E-state index in [1.807, 2.05) is 0 Å². The predicted molar refractivity (Wildman–Crippen MR) is 52.3 cm³/mol. The molecule has 0 aromatic carbocycles. The van der Waals surface area contributed by atoms with Gasteiger partial charge in [-0.2, -0.15) is 0 Å². The number of rotatable bonds is 1. The molecule has 68 valence electrons. The molecule has 3 heteroatoms. The molecular weight excluding hydrogens is 218 g/mol. The van der Waals surface area contributed by atoms with Crippen LogP contribution in [0.3, 0.4) is 0 Å². The molecule has 0 amide bonds. The van der Waals surface area contributed by atoms with E-state index in [0.717, 1.165) is 17.9 Å². The second-order valence-electron chi connectivity index (χ2n) is 3.84. The van der Waals surface area contributed by atoms with Gasteiger partial charge in [0.05, 0.1) is 5.69 Å². The highest BCUT2D eigenvalue weighted by molar-refractivity contribution is 9.10. The molecule has 0 aliphatic rings. The Morgan fingerprint density at radius 3 is 2.33 bits per heavy atom. The van der Waals surface area contributed by atoms with Crippen molar-refractivity contribution in [3.8, 4) is 0 Å². The number of hydrogen-bond donors (Lipinski definition) is 0. The summed E-state index contributed by atoms with van der Waals surface area (Å²) < 4.78 is 5.40. The van der Waals surface area contributed by atoms with Crippen LogP contribution in [0, 0.1) is 0 Å². The topological polar surface area (TPSA) is 26.0 Å². The maximum absolute atomic E-state index is 5.40. The number of nitrogens with zero attached hydrogens (tertiary/aromatic N) is 1. The van der Waals surface area contributed by atoms with E-state index < -0.39 is 0 Å². The van der Waals surface area contributed by atoms with Crippen molar-refractivity contribution in [2.75, 3.05) is 0 Å². The number of aryl methyl sites for hydroxylation is 1. The number of hydrogen-bond acceptors (Lipinski definition) is 2. The van der Waals surface area contributed by atoms with E-state index >= 15 is 0 Å². The molecule has 0 radical (unpaired) electrons. The van der Waals surface area contributed by atoms with Gasteiger partial charge in [-0.3, -0.25) is 0 Å². The Morgan fingerprint density at radius 1 is 1.42 bits per heavy atom. The molecule has 1 heterocycles. The van der Waals surface area contributed by atoms with E-state index in [9.17, 15) is 0 Å². The largest absolute Gasteiger partial charge is 0.436 e. The summed E-state index contributed by atoms with van der Waals surface area (Å²) in [6.45, 7) is 8.48. The zero-order valence-electron chi connectivity index (χ0n) is 7.94. The molecule has 0 saturated carbocycles. The highest BCUT2D eigenvalue weighted by Crippen LogP contribution is 2.27. The lowest BCUT2D eigenvalue weighted by molar-refractivity contribution is 0.472. The maximum atomic E-state index is 5.40. The van der Waals surface area contributed by atoms with Gasteiger partial charge in [-0.05, 0) is 0 Å². The quantitative estimate of drug-likeness (QED) is 0.742. The highest BCUT2D eigenvalue weighted by Gasteiger charge is 2.22. The maximum Gasteiger partial charge on any atom is 0.264 e. The molecule has 0 N–H and O–H groups in total. The molecule has 1 rings (SSSR count). The summed E-state index contributed by atoms with van der Waals surface area (Å²) in [6, 6.07) is 0. The van der Waals surface area contributed by atoms with E-state index in [4.69, 9.17) is 4.42 Å². The third-order valence-electron chi connectivity index (χ3n) is 1.70. The standard InChI is InChI=1S/C9H14BrNO/c1-5-6-7(9(2,3)4)11-8(10)12-6/h5H2,1-4H3. The van der Waals surface area contributed by atoms with Crippen molar-refractivity contribution >= 4 is 15.9 Å². The number of halogens is 1. The highest BCUT2D eigenvalue weighted by atomic mass is 79.9. The summed E-state index contributed by atoms with van der Waals surface area (Å²) in [5.41, 5.74) is 1.12. The van der Waals surface area contributed by atoms with Gasteiger partial charge in [0, 0.05) is 27.8 Å². The normalized spacial score (nSPS) is 12.1. The van der Waals surface area contributed by atoms with Crippen molar-refractivity contribution in [1.29, 1.82) is 0 Å². The Balaban J connectivity index is 3.13. The smallest absolute Gasteiger partial charge is 0.264 e. The first-order valence-corrected chi connectivity index (χ1v) is 4.90. The second-order valence-corrected chi connectivity index (χ2v) is 4.52. The first kappa shape index (κ1) is 9.78. The molecule has 1 aromatic rings. The van der Waals surface area contributed by atoms with Crippen LogP contribution in [0.15, 0.2) is 9.22 Å². The summed E-state index contributed by atoms with van der Waals surface area (Å²) in [6.07, 6.45) is 0.894. The first-order valence-electron chi connectivity index (χ1n) is 4.11. The van der Waals surface area contributed by atoms with Crippen LogP contribution < -0.4 is 0 Å². The fourth-order valence-electron chi connectivity index (χ4n) is 1.15. The van der Waals surface area contributed by atoms with Gasteiger partial charge in [0.2, 0.25) is 0 Å². The van der Waals surface area contributed by atoms with Crippen LogP contribution in [-0.2, 0) is 11.8 Å². The second kappa shape index (κ2) is 3.21. The average molecular weight is 232 g/mol. The van der Waals surface area contributed by atoms with E-state index in [0.29, 0.717) is 4.80 Å². The zero-order valence-corrected chi connectivity index (χ0v) is 9.53. The number of oxazole rings is 1. The van der Waals surface area contributed by atoms with Gasteiger partial charge < -0.3 is 4.42 Å². The SMILES string of the molecule is CCc1oc(Br)nc1C(C)(C)C. The van der Waals surface area contributed by atoms with Crippen molar-refractivity contribution in [2.45, 2.75) is 39.5 Å². The lowest BCUT2D eigenvalue weighted by Gasteiger charge is -2.15. The van der Waals surface area contributed by atoms with Gasteiger partial charge in [-0.15, -0.1) is 0 Å². The molecule has 12 heavy (non-hydrogen) atoms. The van der Waals surface area contributed by atoms with Gasteiger partial charge in [-0.25, -0.2) is 4.98 Å². The number of aromatic nitrogens is 1. The zero-order chi connectivity index (χ0) is 9.35. The van der Waals surface area contributed by atoms with E-state index in [2.05, 4.69) is 48.6 Å². The molecule has 0 unspecified atom stereocenters. The van der Waals surface area contributed by atoms with E-state index in [-0.39, 0.29) is 5.41 Å². The Morgan fingerprint density at radius 2 is 2.00 bits per heavy atom. The summed E-state index contributed by atoms with van der Waals surface area (Å²) in [4.78, 5) is 4.89. The molecule has 0 atom stereocenters. The minimum atomic E-state index is 0.0703. The van der Waals surface area contributed by atoms with Gasteiger partial charge in [0.15, 0.2) is 0 Å². The van der Waals surface area contributed by atoms with Gasteiger partial charge in [-0.1, -0.05) is 27.7 Å². The fourth-order valence-corrected chi connectivity index (χ4v) is 1.52. The monoisotopic (exact) mass is 231 g/mol. The summed E-state index contributed by atoms with van der Waals surface area (Å²) in [5.74, 6) is 0.981. The Hall–Kier alpha value is -0.310. The summed E-state index contributed by atoms with van der Waals surface area (Å²) >= 11 is 3.24. The minimum Gasteiger partial charge on any atom is -0.436 e. The van der Waals surface area contributed by atoms with Crippen LogP contribution >= 0.6 is 15.9 Å². The van der Waals surface area contributed by atoms with Gasteiger partial charge in [0.25, 0.3) is 4.80 Å².